The molecule has 0 fully saturated rings. The van der Waals surface area contributed by atoms with Gasteiger partial charge < -0.3 is 0 Å². The van der Waals surface area contributed by atoms with E-state index in [1.807, 2.05) is 30.3 Å². The van der Waals surface area contributed by atoms with Crippen molar-refractivity contribution >= 4 is 68.2 Å². The average molecular weight is 447 g/mol. The number of aromatic nitrogens is 3. The first-order valence-electron chi connectivity index (χ1n) is 8.16. The number of para-hydroxylation sites is 1. The van der Waals surface area contributed by atoms with Crippen LogP contribution in [0.25, 0.3) is 10.9 Å². The van der Waals surface area contributed by atoms with Crippen molar-refractivity contribution in [3.63, 3.8) is 0 Å². The van der Waals surface area contributed by atoms with Crippen molar-refractivity contribution in [2.24, 2.45) is 0 Å². The zero-order valence-electron chi connectivity index (χ0n) is 14.2. The molecule has 2 aromatic heterocycles. The van der Waals surface area contributed by atoms with Gasteiger partial charge in [-0.25, -0.2) is 4.98 Å². The van der Waals surface area contributed by atoms with E-state index in [-0.39, 0.29) is 5.91 Å². The Bertz CT molecular complexity index is 1150. The normalized spacial score (nSPS) is 10.9. The van der Waals surface area contributed by atoms with Crippen LogP contribution in [0, 0.1) is 0 Å². The molecule has 0 atom stereocenters. The number of carbonyl (C=O) groups is 1. The Morgan fingerprint density at radius 1 is 1.07 bits per heavy atom. The van der Waals surface area contributed by atoms with Crippen LogP contribution in [-0.4, -0.2) is 21.1 Å². The molecule has 5 nitrogen and oxygen atoms in total. The Balaban J connectivity index is 1.42. The molecule has 9 heteroatoms. The standard InChI is InChI=1S/C19H12Cl2N4OS2/c20-14-7-5-11(6-8-14)17(26)23-18-24-25-19(28-18)27-10-13-9-12-3-1-2-4-15(12)22-16(13)21/h1-9H,10H2,(H,23,24,26). The first kappa shape index (κ1) is 19.1. The Hall–Kier alpha value is -2.19. The number of nitrogens with one attached hydrogen (secondary N) is 1. The van der Waals surface area contributed by atoms with Crippen molar-refractivity contribution in [3.05, 3.63) is 75.9 Å². The summed E-state index contributed by atoms with van der Waals surface area (Å²) in [6.45, 7) is 0. The number of benzene rings is 2. The van der Waals surface area contributed by atoms with Crippen molar-refractivity contribution < 1.29 is 4.79 Å². The number of amides is 1. The Morgan fingerprint density at radius 3 is 2.68 bits per heavy atom. The highest BCUT2D eigenvalue weighted by Crippen LogP contribution is 2.31. The second-order valence-corrected chi connectivity index (χ2v) is 8.75. The monoisotopic (exact) mass is 446 g/mol. The van der Waals surface area contributed by atoms with E-state index in [1.54, 1.807) is 24.3 Å². The number of hydrogen-bond acceptors (Lipinski definition) is 6. The molecule has 0 saturated heterocycles. The molecule has 0 bridgehead atoms. The van der Waals surface area contributed by atoms with Gasteiger partial charge in [0.2, 0.25) is 5.13 Å². The first-order chi connectivity index (χ1) is 13.6. The fraction of sp³-hybridized carbons (Fsp3) is 0.0526. The minimum Gasteiger partial charge on any atom is -0.296 e. The van der Waals surface area contributed by atoms with E-state index in [9.17, 15) is 4.79 Å². The first-order valence-corrected chi connectivity index (χ1v) is 10.7. The minimum absolute atomic E-state index is 0.258. The van der Waals surface area contributed by atoms with Crippen LogP contribution < -0.4 is 5.32 Å². The molecule has 0 aliphatic rings. The molecule has 0 saturated carbocycles. The molecule has 0 spiro atoms. The second kappa shape index (κ2) is 8.45. The van der Waals surface area contributed by atoms with Crippen molar-refractivity contribution in [2.75, 3.05) is 5.32 Å². The summed E-state index contributed by atoms with van der Waals surface area (Å²) < 4.78 is 0.732. The van der Waals surface area contributed by atoms with E-state index in [0.717, 1.165) is 20.8 Å². The van der Waals surface area contributed by atoms with E-state index in [0.29, 0.717) is 26.6 Å². The maximum absolute atomic E-state index is 12.2. The van der Waals surface area contributed by atoms with Gasteiger partial charge in [0.25, 0.3) is 5.91 Å². The number of hydrogen-bond donors (Lipinski definition) is 1. The highest BCUT2D eigenvalue weighted by Gasteiger charge is 2.12. The van der Waals surface area contributed by atoms with Gasteiger partial charge in [0.1, 0.15) is 5.15 Å². The van der Waals surface area contributed by atoms with Crippen LogP contribution >= 0.6 is 46.3 Å². The molecular weight excluding hydrogens is 435 g/mol. The van der Waals surface area contributed by atoms with E-state index in [4.69, 9.17) is 23.2 Å². The van der Waals surface area contributed by atoms with Gasteiger partial charge >= 0.3 is 0 Å². The number of fused-ring (bicyclic) bond motifs is 1. The predicted molar refractivity (Wildman–Crippen MR) is 116 cm³/mol. The number of thioether (sulfide) groups is 1. The van der Waals surface area contributed by atoms with Gasteiger partial charge in [-0.2, -0.15) is 0 Å². The third-order valence-electron chi connectivity index (χ3n) is 3.83. The zero-order valence-corrected chi connectivity index (χ0v) is 17.4. The topological polar surface area (TPSA) is 67.8 Å². The van der Waals surface area contributed by atoms with Gasteiger partial charge in [0.05, 0.1) is 5.52 Å². The summed E-state index contributed by atoms with van der Waals surface area (Å²) in [7, 11) is 0. The van der Waals surface area contributed by atoms with Crippen LogP contribution in [0.15, 0.2) is 58.9 Å². The van der Waals surface area contributed by atoms with Gasteiger partial charge in [-0.15, -0.1) is 10.2 Å². The van der Waals surface area contributed by atoms with E-state index in [1.165, 1.54) is 23.1 Å². The number of carbonyl (C=O) groups excluding carboxylic acids is 1. The molecular formula is C19H12Cl2N4OS2. The van der Waals surface area contributed by atoms with Gasteiger partial charge in [-0.3, -0.25) is 10.1 Å². The zero-order chi connectivity index (χ0) is 19.5. The lowest BCUT2D eigenvalue weighted by atomic mass is 10.2. The lowest BCUT2D eigenvalue weighted by molar-refractivity contribution is 0.102. The lowest BCUT2D eigenvalue weighted by Crippen LogP contribution is -2.11. The molecule has 1 amide bonds. The van der Waals surface area contributed by atoms with E-state index in [2.05, 4.69) is 20.5 Å². The van der Waals surface area contributed by atoms with Crippen molar-refractivity contribution in [1.82, 2.24) is 15.2 Å². The number of nitrogens with zero attached hydrogens (tertiary/aromatic N) is 3. The smallest absolute Gasteiger partial charge is 0.257 e. The van der Waals surface area contributed by atoms with Gasteiger partial charge in [-0.1, -0.05) is 64.5 Å². The Labute approximate surface area is 179 Å². The summed E-state index contributed by atoms with van der Waals surface area (Å²) in [5.74, 6) is 0.349. The summed E-state index contributed by atoms with van der Waals surface area (Å²) in [6, 6.07) is 16.5. The molecule has 0 aliphatic heterocycles. The average Bonchev–Trinajstić information content (AvgIpc) is 3.14. The summed E-state index contributed by atoms with van der Waals surface area (Å²) >= 11 is 14.9. The molecule has 1 N–H and O–H groups in total. The molecule has 4 rings (SSSR count). The maximum Gasteiger partial charge on any atom is 0.257 e. The van der Waals surface area contributed by atoms with Crippen molar-refractivity contribution in [3.8, 4) is 0 Å². The Morgan fingerprint density at radius 2 is 1.86 bits per heavy atom. The SMILES string of the molecule is O=C(Nc1nnc(SCc2cc3ccccc3nc2Cl)s1)c1ccc(Cl)cc1. The number of halogens is 2. The number of rotatable bonds is 5. The highest BCUT2D eigenvalue weighted by atomic mass is 35.5. The summed E-state index contributed by atoms with van der Waals surface area (Å²) in [5, 5.41) is 13.4. The lowest BCUT2D eigenvalue weighted by Gasteiger charge is -2.04. The molecule has 28 heavy (non-hydrogen) atoms. The van der Waals surface area contributed by atoms with Gasteiger partial charge in [0.15, 0.2) is 4.34 Å². The van der Waals surface area contributed by atoms with E-state index < -0.39 is 0 Å². The van der Waals surface area contributed by atoms with Crippen molar-refractivity contribution in [1.29, 1.82) is 0 Å². The summed E-state index contributed by atoms with van der Waals surface area (Å²) in [5.41, 5.74) is 2.29. The quantitative estimate of drug-likeness (QED) is 0.233. The van der Waals surface area contributed by atoms with Gasteiger partial charge in [-0.05, 0) is 36.4 Å². The molecule has 0 aliphatic carbocycles. The van der Waals surface area contributed by atoms with Crippen LogP contribution in [0.5, 0.6) is 0 Å². The van der Waals surface area contributed by atoms with Crippen molar-refractivity contribution in [2.45, 2.75) is 10.1 Å². The third-order valence-corrected chi connectivity index (χ3v) is 6.43. The largest absolute Gasteiger partial charge is 0.296 e. The minimum atomic E-state index is -0.258. The summed E-state index contributed by atoms with van der Waals surface area (Å²) in [6.07, 6.45) is 0. The van der Waals surface area contributed by atoms with Crippen LogP contribution in [-0.2, 0) is 5.75 Å². The number of anilines is 1. The molecule has 140 valence electrons. The highest BCUT2D eigenvalue weighted by molar-refractivity contribution is 8.00. The molecule has 2 heterocycles. The van der Waals surface area contributed by atoms with E-state index >= 15 is 0 Å². The fourth-order valence-electron chi connectivity index (χ4n) is 2.47. The fourth-order valence-corrected chi connectivity index (χ4v) is 4.60. The molecule has 4 aromatic rings. The van der Waals surface area contributed by atoms with Crippen LogP contribution in [0.1, 0.15) is 15.9 Å². The molecule has 0 radical (unpaired) electrons. The van der Waals surface area contributed by atoms with Crippen LogP contribution in [0.3, 0.4) is 0 Å². The maximum atomic E-state index is 12.2. The van der Waals surface area contributed by atoms with Crippen LogP contribution in [0.4, 0.5) is 5.13 Å². The molecule has 0 unspecified atom stereocenters. The number of pyridine rings is 1. The molecule has 2 aromatic carbocycles. The van der Waals surface area contributed by atoms with Crippen LogP contribution in [0.2, 0.25) is 10.2 Å². The summed E-state index contributed by atoms with van der Waals surface area (Å²) in [4.78, 5) is 16.7. The second-order valence-electron chi connectivity index (χ2n) is 5.75. The predicted octanol–water partition coefficient (Wildman–Crippen LogP) is 5.94. The van der Waals surface area contributed by atoms with Gasteiger partial charge in [0, 0.05) is 27.3 Å². The Kier molecular flexibility index (Phi) is 5.77. The third kappa shape index (κ3) is 4.44.